The predicted octanol–water partition coefficient (Wildman–Crippen LogP) is 0.735. The number of rotatable bonds is 2. The van der Waals surface area contributed by atoms with E-state index in [-0.39, 0.29) is 0 Å². The van der Waals surface area contributed by atoms with Gasteiger partial charge in [0.2, 0.25) is 0 Å². The van der Waals surface area contributed by atoms with Crippen molar-refractivity contribution in [1.82, 2.24) is 10.6 Å². The predicted molar refractivity (Wildman–Crippen MR) is 51.4 cm³/mol. The first kappa shape index (κ1) is 7.24. The summed E-state index contributed by atoms with van der Waals surface area (Å²) in [4.78, 5) is 0. The van der Waals surface area contributed by atoms with Crippen LogP contribution in [-0.2, 0) is 0 Å². The Morgan fingerprint density at radius 1 is 1.08 bits per heavy atom. The molecule has 4 fully saturated rings. The van der Waals surface area contributed by atoms with Gasteiger partial charge in [-0.2, -0.15) is 0 Å². The topological polar surface area (TPSA) is 24.1 Å². The smallest absolute Gasteiger partial charge is 0.0255 e. The van der Waals surface area contributed by atoms with Gasteiger partial charge in [-0.1, -0.05) is 0 Å². The van der Waals surface area contributed by atoms with E-state index in [4.69, 9.17) is 0 Å². The van der Waals surface area contributed by atoms with Crippen LogP contribution in [0.15, 0.2) is 0 Å². The van der Waals surface area contributed by atoms with Crippen LogP contribution in [0.5, 0.6) is 0 Å². The van der Waals surface area contributed by atoms with Crippen molar-refractivity contribution in [3.63, 3.8) is 0 Å². The average Bonchev–Trinajstić information content (AvgIpc) is 2.64. The third-order valence-corrected chi connectivity index (χ3v) is 4.76. The standard InChI is InChI=1S/C11H18N2/c1-2-8(1)13-10-6-3-7-5-12-11(10)9(7)4-6/h6-13H,1-5H2. The molecule has 1 saturated heterocycles. The fourth-order valence-electron chi connectivity index (χ4n) is 4.06. The minimum atomic E-state index is 0.844. The monoisotopic (exact) mass is 178 g/mol. The van der Waals surface area contributed by atoms with E-state index in [0.29, 0.717) is 0 Å². The van der Waals surface area contributed by atoms with Crippen LogP contribution in [0, 0.1) is 17.8 Å². The Balaban J connectivity index is 1.58. The molecule has 4 aliphatic rings. The Hall–Kier alpha value is -0.0800. The minimum Gasteiger partial charge on any atom is -0.312 e. The lowest BCUT2D eigenvalue weighted by Crippen LogP contribution is -2.48. The van der Waals surface area contributed by atoms with Crippen LogP contribution in [0.2, 0.25) is 0 Å². The van der Waals surface area contributed by atoms with Crippen molar-refractivity contribution >= 4 is 0 Å². The van der Waals surface area contributed by atoms with Crippen LogP contribution in [0.1, 0.15) is 25.7 Å². The van der Waals surface area contributed by atoms with Gasteiger partial charge in [0, 0.05) is 18.1 Å². The first-order chi connectivity index (χ1) is 6.42. The molecule has 72 valence electrons. The summed E-state index contributed by atoms with van der Waals surface area (Å²) in [7, 11) is 0. The fourth-order valence-corrected chi connectivity index (χ4v) is 4.06. The summed E-state index contributed by atoms with van der Waals surface area (Å²) >= 11 is 0. The molecule has 5 unspecified atom stereocenters. The minimum absolute atomic E-state index is 0.844. The third kappa shape index (κ3) is 0.909. The molecule has 1 aliphatic heterocycles. The van der Waals surface area contributed by atoms with Gasteiger partial charge < -0.3 is 10.6 Å². The molecule has 0 amide bonds. The Labute approximate surface area is 79.5 Å². The summed E-state index contributed by atoms with van der Waals surface area (Å²) in [5.74, 6) is 3.11. The average molecular weight is 178 g/mol. The van der Waals surface area contributed by atoms with Gasteiger partial charge in [-0.15, -0.1) is 0 Å². The van der Waals surface area contributed by atoms with E-state index in [1.54, 1.807) is 0 Å². The highest BCUT2D eigenvalue weighted by molar-refractivity contribution is 5.13. The Morgan fingerprint density at radius 2 is 2.00 bits per heavy atom. The lowest BCUT2D eigenvalue weighted by Gasteiger charge is -2.28. The van der Waals surface area contributed by atoms with E-state index in [1.807, 2.05) is 0 Å². The van der Waals surface area contributed by atoms with Crippen LogP contribution in [-0.4, -0.2) is 24.7 Å². The van der Waals surface area contributed by atoms with Crippen molar-refractivity contribution in [3.8, 4) is 0 Å². The quantitative estimate of drug-likeness (QED) is 0.651. The van der Waals surface area contributed by atoms with E-state index in [1.165, 1.54) is 32.2 Å². The lowest BCUT2D eigenvalue weighted by molar-refractivity contribution is 0.295. The second-order valence-electron chi connectivity index (χ2n) is 5.56. The van der Waals surface area contributed by atoms with Crippen LogP contribution in [0.3, 0.4) is 0 Å². The zero-order valence-corrected chi connectivity index (χ0v) is 8.00. The zero-order valence-electron chi connectivity index (χ0n) is 8.00. The molecule has 2 heteroatoms. The van der Waals surface area contributed by atoms with Crippen molar-refractivity contribution < 1.29 is 0 Å². The summed E-state index contributed by atoms with van der Waals surface area (Å²) < 4.78 is 0. The maximum atomic E-state index is 3.85. The summed E-state index contributed by atoms with van der Waals surface area (Å²) in [5.41, 5.74) is 0. The second kappa shape index (κ2) is 2.29. The van der Waals surface area contributed by atoms with Crippen molar-refractivity contribution in [2.24, 2.45) is 17.8 Å². The Kier molecular flexibility index (Phi) is 1.28. The molecule has 0 aromatic heterocycles. The van der Waals surface area contributed by atoms with Gasteiger partial charge in [-0.25, -0.2) is 0 Å². The molecular formula is C11H18N2. The molecular weight excluding hydrogens is 160 g/mol. The van der Waals surface area contributed by atoms with Crippen LogP contribution >= 0.6 is 0 Å². The molecule has 2 bridgehead atoms. The van der Waals surface area contributed by atoms with Crippen molar-refractivity contribution in [3.05, 3.63) is 0 Å². The lowest BCUT2D eigenvalue weighted by atomic mass is 9.86. The highest BCUT2D eigenvalue weighted by Gasteiger charge is 2.56. The molecule has 0 spiro atoms. The van der Waals surface area contributed by atoms with Gasteiger partial charge in [0.25, 0.3) is 0 Å². The number of hydrogen-bond acceptors (Lipinski definition) is 2. The SMILES string of the molecule is C1CC1NC1C2CC3CNC1C3C2. The van der Waals surface area contributed by atoms with E-state index in [2.05, 4.69) is 10.6 Å². The van der Waals surface area contributed by atoms with Gasteiger partial charge in [-0.3, -0.25) is 0 Å². The normalized spacial score (nSPS) is 57.7. The van der Waals surface area contributed by atoms with E-state index >= 15 is 0 Å². The Morgan fingerprint density at radius 3 is 2.85 bits per heavy atom. The summed E-state index contributed by atoms with van der Waals surface area (Å²) in [6.45, 7) is 1.31. The maximum Gasteiger partial charge on any atom is 0.0255 e. The number of fused-ring (bicyclic) bond motifs is 1. The van der Waals surface area contributed by atoms with Crippen LogP contribution in [0.4, 0.5) is 0 Å². The molecule has 4 rings (SSSR count). The third-order valence-electron chi connectivity index (χ3n) is 4.76. The maximum absolute atomic E-state index is 3.85. The zero-order chi connectivity index (χ0) is 8.41. The molecule has 2 N–H and O–H groups in total. The van der Waals surface area contributed by atoms with Crippen molar-refractivity contribution in [2.45, 2.75) is 43.8 Å². The van der Waals surface area contributed by atoms with Gasteiger partial charge in [0.05, 0.1) is 0 Å². The molecule has 3 aliphatic carbocycles. The summed E-state index contributed by atoms with van der Waals surface area (Å²) in [5, 5.41) is 7.58. The van der Waals surface area contributed by atoms with Crippen molar-refractivity contribution in [1.29, 1.82) is 0 Å². The van der Waals surface area contributed by atoms with Gasteiger partial charge in [0.1, 0.15) is 0 Å². The molecule has 3 saturated carbocycles. The molecule has 0 aromatic carbocycles. The second-order valence-corrected chi connectivity index (χ2v) is 5.56. The first-order valence-corrected chi connectivity index (χ1v) is 5.91. The summed E-state index contributed by atoms with van der Waals surface area (Å²) in [6.07, 6.45) is 5.90. The fraction of sp³-hybridized carbons (Fsp3) is 1.00. The highest BCUT2D eigenvalue weighted by Crippen LogP contribution is 2.51. The molecule has 1 heterocycles. The number of hydrogen-bond donors (Lipinski definition) is 2. The molecule has 13 heavy (non-hydrogen) atoms. The Bertz CT molecular complexity index is 234. The first-order valence-electron chi connectivity index (χ1n) is 5.91. The number of nitrogens with one attached hydrogen (secondary N) is 2. The van der Waals surface area contributed by atoms with Crippen molar-refractivity contribution in [2.75, 3.05) is 6.54 Å². The van der Waals surface area contributed by atoms with Gasteiger partial charge >= 0.3 is 0 Å². The highest BCUT2D eigenvalue weighted by atomic mass is 15.1. The van der Waals surface area contributed by atoms with E-state index < -0.39 is 0 Å². The largest absolute Gasteiger partial charge is 0.312 e. The van der Waals surface area contributed by atoms with E-state index in [0.717, 1.165) is 35.9 Å². The molecule has 0 radical (unpaired) electrons. The molecule has 2 nitrogen and oxygen atoms in total. The van der Waals surface area contributed by atoms with Crippen LogP contribution < -0.4 is 10.6 Å². The van der Waals surface area contributed by atoms with Crippen LogP contribution in [0.25, 0.3) is 0 Å². The molecule has 5 atom stereocenters. The molecule has 0 aromatic rings. The summed E-state index contributed by atoms with van der Waals surface area (Å²) in [6, 6.07) is 2.59. The van der Waals surface area contributed by atoms with E-state index in [9.17, 15) is 0 Å². The van der Waals surface area contributed by atoms with Gasteiger partial charge in [-0.05, 0) is 50.0 Å². The van der Waals surface area contributed by atoms with Gasteiger partial charge in [0.15, 0.2) is 0 Å².